The monoisotopic (exact) mass is 280 g/mol. The molecule has 0 aromatic heterocycles. The van der Waals surface area contributed by atoms with Gasteiger partial charge in [-0.3, -0.25) is 0 Å². The number of aromatic carboxylic acids is 1. The van der Waals surface area contributed by atoms with E-state index < -0.39 is 37.5 Å². The van der Waals surface area contributed by atoms with Crippen LogP contribution < -0.4 is 0 Å². The highest BCUT2D eigenvalue weighted by molar-refractivity contribution is 7.92. The molecule has 1 rings (SSSR count). The quantitative estimate of drug-likeness (QED) is 0.922. The molecule has 94 valence electrons. The van der Waals surface area contributed by atoms with Crippen molar-refractivity contribution in [3.63, 3.8) is 0 Å². The number of halogens is 2. The molecule has 0 heterocycles. The van der Waals surface area contributed by atoms with Crippen molar-refractivity contribution in [2.45, 2.75) is 24.0 Å². The van der Waals surface area contributed by atoms with E-state index in [1.165, 1.54) is 13.8 Å². The predicted octanol–water partition coefficient (Wildman–Crippen LogP) is 2.36. The summed E-state index contributed by atoms with van der Waals surface area (Å²) in [6.45, 7) is 2.84. The van der Waals surface area contributed by atoms with Crippen molar-refractivity contribution >= 4 is 27.4 Å². The summed E-state index contributed by atoms with van der Waals surface area (Å²) in [7, 11) is -3.73. The lowest BCUT2D eigenvalue weighted by molar-refractivity contribution is 0.0696. The SMILES string of the molecule is CC(C)S(=O)(=O)c1cc(F)c(Cl)c(C(=O)O)c1. The first-order valence-corrected chi connectivity index (χ1v) is 6.56. The Kier molecular flexibility index (Phi) is 3.78. The summed E-state index contributed by atoms with van der Waals surface area (Å²) in [5, 5.41) is 7.40. The lowest BCUT2D eigenvalue weighted by atomic mass is 10.2. The van der Waals surface area contributed by atoms with Gasteiger partial charge < -0.3 is 5.11 Å². The van der Waals surface area contributed by atoms with Crippen LogP contribution in [-0.4, -0.2) is 24.7 Å². The van der Waals surface area contributed by atoms with Crippen molar-refractivity contribution in [3.8, 4) is 0 Å². The highest BCUT2D eigenvalue weighted by Gasteiger charge is 2.24. The van der Waals surface area contributed by atoms with E-state index in [1.54, 1.807) is 0 Å². The molecule has 1 aromatic rings. The molecule has 0 saturated carbocycles. The van der Waals surface area contributed by atoms with E-state index in [1.807, 2.05) is 0 Å². The van der Waals surface area contributed by atoms with Crippen LogP contribution in [0.15, 0.2) is 17.0 Å². The molecular weight excluding hydrogens is 271 g/mol. The van der Waals surface area contributed by atoms with Gasteiger partial charge in [0, 0.05) is 0 Å². The third-order valence-electron chi connectivity index (χ3n) is 2.18. The largest absolute Gasteiger partial charge is 0.478 e. The fourth-order valence-corrected chi connectivity index (χ4v) is 2.44. The van der Waals surface area contributed by atoms with Gasteiger partial charge in [-0.05, 0) is 26.0 Å². The van der Waals surface area contributed by atoms with Crippen LogP contribution in [0.25, 0.3) is 0 Å². The number of sulfone groups is 1. The number of rotatable bonds is 3. The summed E-state index contributed by atoms with van der Waals surface area (Å²) in [6, 6.07) is 1.59. The maximum Gasteiger partial charge on any atom is 0.337 e. The molecule has 0 spiro atoms. The molecule has 1 aromatic carbocycles. The molecule has 4 nitrogen and oxygen atoms in total. The second kappa shape index (κ2) is 4.62. The normalized spacial score (nSPS) is 11.8. The van der Waals surface area contributed by atoms with Crippen LogP contribution >= 0.6 is 11.6 Å². The molecule has 0 aliphatic rings. The Bertz CT molecular complexity index is 566. The molecule has 0 saturated heterocycles. The summed E-state index contributed by atoms with van der Waals surface area (Å²) < 4.78 is 36.9. The van der Waals surface area contributed by atoms with Crippen LogP contribution in [0.1, 0.15) is 24.2 Å². The average molecular weight is 281 g/mol. The lowest BCUT2D eigenvalue weighted by Gasteiger charge is -2.09. The van der Waals surface area contributed by atoms with E-state index >= 15 is 0 Å². The Morgan fingerprint density at radius 1 is 1.41 bits per heavy atom. The van der Waals surface area contributed by atoms with Crippen molar-refractivity contribution in [2.75, 3.05) is 0 Å². The first kappa shape index (κ1) is 13.9. The van der Waals surface area contributed by atoms with Gasteiger partial charge >= 0.3 is 5.97 Å². The zero-order chi connectivity index (χ0) is 13.4. The van der Waals surface area contributed by atoms with Crippen LogP contribution in [0.2, 0.25) is 5.02 Å². The fraction of sp³-hybridized carbons (Fsp3) is 0.300. The Balaban J connectivity index is 3.55. The molecule has 7 heteroatoms. The van der Waals surface area contributed by atoms with Crippen LogP contribution in [0.4, 0.5) is 4.39 Å². The van der Waals surface area contributed by atoms with Gasteiger partial charge in [0.15, 0.2) is 9.84 Å². The average Bonchev–Trinajstić information content (AvgIpc) is 2.20. The van der Waals surface area contributed by atoms with E-state index in [2.05, 4.69) is 0 Å². The molecule has 0 amide bonds. The van der Waals surface area contributed by atoms with Crippen LogP contribution in [-0.2, 0) is 9.84 Å². The highest BCUT2D eigenvalue weighted by Crippen LogP contribution is 2.26. The van der Waals surface area contributed by atoms with Gasteiger partial charge in [0.1, 0.15) is 5.82 Å². The maximum absolute atomic E-state index is 13.3. The van der Waals surface area contributed by atoms with Crippen molar-refractivity contribution in [2.24, 2.45) is 0 Å². The zero-order valence-electron chi connectivity index (χ0n) is 9.07. The van der Waals surface area contributed by atoms with E-state index in [0.717, 1.165) is 12.1 Å². The van der Waals surface area contributed by atoms with Crippen molar-refractivity contribution in [1.29, 1.82) is 0 Å². The Morgan fingerprint density at radius 2 is 1.94 bits per heavy atom. The topological polar surface area (TPSA) is 71.4 Å². The predicted molar refractivity (Wildman–Crippen MR) is 60.7 cm³/mol. The number of carboxylic acids is 1. The van der Waals surface area contributed by atoms with Gasteiger partial charge in [-0.15, -0.1) is 0 Å². The van der Waals surface area contributed by atoms with Crippen LogP contribution in [0.3, 0.4) is 0 Å². The van der Waals surface area contributed by atoms with E-state index in [9.17, 15) is 17.6 Å². The van der Waals surface area contributed by atoms with E-state index in [4.69, 9.17) is 16.7 Å². The number of hydrogen-bond acceptors (Lipinski definition) is 3. The number of carboxylic acid groups (broad SMARTS) is 1. The van der Waals surface area contributed by atoms with Crippen molar-refractivity contribution in [3.05, 3.63) is 28.5 Å². The molecule has 0 aliphatic carbocycles. The Hall–Kier alpha value is -1.14. The second-order valence-electron chi connectivity index (χ2n) is 3.67. The highest BCUT2D eigenvalue weighted by atomic mass is 35.5. The standard InChI is InChI=1S/C10H10ClFO4S/c1-5(2)17(15,16)6-3-7(10(13)14)9(11)8(12)4-6/h3-5H,1-2H3,(H,13,14). The second-order valence-corrected chi connectivity index (χ2v) is 6.55. The minimum absolute atomic E-state index is 0.383. The molecule has 0 unspecified atom stereocenters. The third kappa shape index (κ3) is 2.58. The molecule has 17 heavy (non-hydrogen) atoms. The van der Waals surface area contributed by atoms with Crippen molar-refractivity contribution in [1.82, 2.24) is 0 Å². The molecule has 0 bridgehead atoms. The number of hydrogen-bond donors (Lipinski definition) is 1. The van der Waals surface area contributed by atoms with Crippen LogP contribution in [0.5, 0.6) is 0 Å². The van der Waals surface area contributed by atoms with Gasteiger partial charge in [-0.1, -0.05) is 11.6 Å². The first-order valence-electron chi connectivity index (χ1n) is 4.64. The summed E-state index contributed by atoms with van der Waals surface area (Å²) in [6.07, 6.45) is 0. The number of carbonyl (C=O) groups is 1. The zero-order valence-corrected chi connectivity index (χ0v) is 10.6. The fourth-order valence-electron chi connectivity index (χ4n) is 1.16. The summed E-state index contributed by atoms with van der Waals surface area (Å²) in [4.78, 5) is 10.4. The third-order valence-corrected chi connectivity index (χ3v) is 4.70. The number of benzene rings is 1. The minimum Gasteiger partial charge on any atom is -0.478 e. The lowest BCUT2D eigenvalue weighted by Crippen LogP contribution is -2.15. The van der Waals surface area contributed by atoms with Gasteiger partial charge in [-0.2, -0.15) is 0 Å². The minimum atomic E-state index is -3.73. The summed E-state index contributed by atoms with van der Waals surface area (Å²) >= 11 is 5.44. The summed E-state index contributed by atoms with van der Waals surface area (Å²) in [5.41, 5.74) is -0.564. The maximum atomic E-state index is 13.3. The van der Waals surface area contributed by atoms with Gasteiger partial charge in [0.25, 0.3) is 0 Å². The van der Waals surface area contributed by atoms with Crippen LogP contribution in [0, 0.1) is 5.82 Å². The first-order chi connectivity index (χ1) is 7.67. The molecule has 0 atom stereocenters. The Labute approximate surface area is 103 Å². The Morgan fingerprint density at radius 3 is 2.35 bits per heavy atom. The van der Waals surface area contributed by atoms with Gasteiger partial charge in [0.2, 0.25) is 0 Å². The molecule has 0 fully saturated rings. The smallest absolute Gasteiger partial charge is 0.337 e. The van der Waals surface area contributed by atoms with E-state index in [-0.39, 0.29) is 4.90 Å². The summed E-state index contributed by atoms with van der Waals surface area (Å²) in [5.74, 6) is -2.54. The van der Waals surface area contributed by atoms with Crippen molar-refractivity contribution < 1.29 is 22.7 Å². The molecule has 1 N–H and O–H groups in total. The van der Waals surface area contributed by atoms with E-state index in [0.29, 0.717) is 0 Å². The molecule has 0 radical (unpaired) electrons. The molecule has 0 aliphatic heterocycles. The molecular formula is C10H10ClFO4S. The van der Waals surface area contributed by atoms with Gasteiger partial charge in [0.05, 0.1) is 20.7 Å². The van der Waals surface area contributed by atoms with Gasteiger partial charge in [-0.25, -0.2) is 17.6 Å².